The van der Waals surface area contributed by atoms with E-state index < -0.39 is 5.92 Å². The summed E-state index contributed by atoms with van der Waals surface area (Å²) in [7, 11) is 0. The van der Waals surface area contributed by atoms with Crippen molar-refractivity contribution in [2.75, 3.05) is 6.54 Å². The van der Waals surface area contributed by atoms with Crippen LogP contribution in [-0.2, 0) is 0 Å². The standard InChI is InChI=1S/C13H25F2N/c1-11(2,3)10-9-13(14,15)7-8-16(10)12(4,5)6/h10H,7-9H2,1-6H3. The van der Waals surface area contributed by atoms with Crippen molar-refractivity contribution in [2.45, 2.75) is 71.9 Å². The third-order valence-electron chi connectivity index (χ3n) is 3.45. The SMILES string of the molecule is CC(C)(C)C1CC(F)(F)CCN1C(C)(C)C. The van der Waals surface area contributed by atoms with Crippen LogP contribution in [0.5, 0.6) is 0 Å². The first-order valence-electron chi connectivity index (χ1n) is 6.08. The molecule has 0 radical (unpaired) electrons. The van der Waals surface area contributed by atoms with Gasteiger partial charge in [0.15, 0.2) is 0 Å². The van der Waals surface area contributed by atoms with Gasteiger partial charge in [-0.15, -0.1) is 0 Å². The van der Waals surface area contributed by atoms with Crippen LogP contribution in [0, 0.1) is 5.41 Å². The predicted molar refractivity (Wildman–Crippen MR) is 63.9 cm³/mol. The zero-order valence-electron chi connectivity index (χ0n) is 11.4. The second-order valence-corrected chi connectivity index (χ2v) is 7.06. The highest BCUT2D eigenvalue weighted by Gasteiger charge is 2.47. The molecule has 0 aliphatic carbocycles. The van der Waals surface area contributed by atoms with Gasteiger partial charge >= 0.3 is 0 Å². The summed E-state index contributed by atoms with van der Waals surface area (Å²) < 4.78 is 27.0. The Bertz CT molecular complexity index is 248. The molecule has 0 aromatic carbocycles. The summed E-state index contributed by atoms with van der Waals surface area (Å²) >= 11 is 0. The van der Waals surface area contributed by atoms with Gasteiger partial charge in [0, 0.05) is 31.0 Å². The van der Waals surface area contributed by atoms with Gasteiger partial charge in [0.05, 0.1) is 0 Å². The van der Waals surface area contributed by atoms with Crippen LogP contribution in [0.2, 0.25) is 0 Å². The Morgan fingerprint density at radius 3 is 1.94 bits per heavy atom. The van der Waals surface area contributed by atoms with Crippen LogP contribution in [0.1, 0.15) is 54.4 Å². The van der Waals surface area contributed by atoms with Gasteiger partial charge in [0.2, 0.25) is 0 Å². The average Bonchev–Trinajstić information content (AvgIpc) is 1.97. The molecule has 1 nitrogen and oxygen atoms in total. The molecule has 0 N–H and O–H groups in total. The van der Waals surface area contributed by atoms with E-state index in [-0.39, 0.29) is 29.8 Å². The fourth-order valence-electron chi connectivity index (χ4n) is 2.51. The average molecular weight is 233 g/mol. The second kappa shape index (κ2) is 3.94. The van der Waals surface area contributed by atoms with Gasteiger partial charge in [-0.3, -0.25) is 4.90 Å². The summed E-state index contributed by atoms with van der Waals surface area (Å²) in [5, 5.41) is 0. The third-order valence-corrected chi connectivity index (χ3v) is 3.45. The van der Waals surface area contributed by atoms with Crippen molar-refractivity contribution >= 4 is 0 Å². The zero-order valence-corrected chi connectivity index (χ0v) is 11.4. The molecule has 1 aliphatic heterocycles. The van der Waals surface area contributed by atoms with Crippen LogP contribution in [0.4, 0.5) is 8.78 Å². The predicted octanol–water partition coefficient (Wildman–Crippen LogP) is 3.93. The van der Waals surface area contributed by atoms with E-state index in [1.165, 1.54) is 0 Å². The van der Waals surface area contributed by atoms with Crippen molar-refractivity contribution in [1.29, 1.82) is 0 Å². The Hall–Kier alpha value is -0.180. The summed E-state index contributed by atoms with van der Waals surface area (Å²) in [5.74, 6) is -2.49. The number of rotatable bonds is 0. The third kappa shape index (κ3) is 3.16. The summed E-state index contributed by atoms with van der Waals surface area (Å²) in [6, 6.07) is -0.0451. The fraction of sp³-hybridized carbons (Fsp3) is 1.00. The number of hydrogen-bond acceptors (Lipinski definition) is 1. The Labute approximate surface area is 98.2 Å². The molecular formula is C13H25F2N. The van der Waals surface area contributed by atoms with Crippen LogP contribution in [0.25, 0.3) is 0 Å². The highest BCUT2D eigenvalue weighted by atomic mass is 19.3. The molecule has 16 heavy (non-hydrogen) atoms. The number of nitrogens with zero attached hydrogens (tertiary/aromatic N) is 1. The van der Waals surface area contributed by atoms with E-state index in [9.17, 15) is 8.78 Å². The maximum atomic E-state index is 13.5. The second-order valence-electron chi connectivity index (χ2n) is 7.06. The molecule has 1 unspecified atom stereocenters. The molecule has 0 bridgehead atoms. The number of likely N-dealkylation sites (tertiary alicyclic amines) is 1. The molecule has 0 aromatic heterocycles. The fourth-order valence-corrected chi connectivity index (χ4v) is 2.51. The molecule has 1 aliphatic rings. The molecule has 1 atom stereocenters. The van der Waals surface area contributed by atoms with E-state index >= 15 is 0 Å². The molecule has 0 amide bonds. The van der Waals surface area contributed by atoms with Crippen molar-refractivity contribution < 1.29 is 8.78 Å². The molecule has 3 heteroatoms. The molecule has 1 fully saturated rings. The summed E-state index contributed by atoms with van der Waals surface area (Å²) in [6.07, 6.45) is -0.00931. The van der Waals surface area contributed by atoms with Crippen LogP contribution in [0.15, 0.2) is 0 Å². The zero-order chi connectivity index (χ0) is 12.8. The highest BCUT2D eigenvalue weighted by molar-refractivity contribution is 4.96. The lowest BCUT2D eigenvalue weighted by Gasteiger charge is -2.51. The number of alkyl halides is 2. The number of piperidine rings is 1. The minimum absolute atomic E-state index is 0.00313. The smallest absolute Gasteiger partial charge is 0.250 e. The molecule has 0 spiro atoms. The summed E-state index contributed by atoms with van der Waals surface area (Å²) in [6.45, 7) is 13.0. The van der Waals surface area contributed by atoms with Gasteiger partial charge in [-0.25, -0.2) is 8.78 Å². The maximum absolute atomic E-state index is 13.5. The van der Waals surface area contributed by atoms with Gasteiger partial charge in [0.25, 0.3) is 5.92 Å². The normalized spacial score (nSPS) is 28.1. The summed E-state index contributed by atoms with van der Waals surface area (Å²) in [5.41, 5.74) is -0.133. The minimum Gasteiger partial charge on any atom is -0.295 e. The topological polar surface area (TPSA) is 3.24 Å². The molecule has 1 heterocycles. The lowest BCUT2D eigenvalue weighted by atomic mass is 9.77. The van der Waals surface area contributed by atoms with Gasteiger partial charge in [-0.1, -0.05) is 20.8 Å². The van der Waals surface area contributed by atoms with Gasteiger partial charge in [-0.05, 0) is 26.2 Å². The highest BCUT2D eigenvalue weighted by Crippen LogP contribution is 2.41. The van der Waals surface area contributed by atoms with E-state index in [0.717, 1.165) is 0 Å². The van der Waals surface area contributed by atoms with Crippen LogP contribution >= 0.6 is 0 Å². The Balaban J connectivity index is 2.94. The van der Waals surface area contributed by atoms with E-state index in [1.807, 2.05) is 0 Å². The maximum Gasteiger partial charge on any atom is 0.250 e. The van der Waals surface area contributed by atoms with Crippen molar-refractivity contribution in [3.8, 4) is 0 Å². The largest absolute Gasteiger partial charge is 0.295 e. The minimum atomic E-state index is -2.49. The van der Waals surface area contributed by atoms with Crippen molar-refractivity contribution in [3.63, 3.8) is 0 Å². The van der Waals surface area contributed by atoms with Crippen molar-refractivity contribution in [2.24, 2.45) is 5.41 Å². The first-order valence-corrected chi connectivity index (χ1v) is 6.08. The Morgan fingerprint density at radius 2 is 1.56 bits per heavy atom. The van der Waals surface area contributed by atoms with E-state index in [2.05, 4.69) is 46.4 Å². The molecule has 1 saturated heterocycles. The number of hydrogen-bond donors (Lipinski definition) is 0. The van der Waals surface area contributed by atoms with Crippen molar-refractivity contribution in [3.05, 3.63) is 0 Å². The van der Waals surface area contributed by atoms with Gasteiger partial charge in [-0.2, -0.15) is 0 Å². The lowest BCUT2D eigenvalue weighted by molar-refractivity contribution is -0.122. The monoisotopic (exact) mass is 233 g/mol. The first-order chi connectivity index (χ1) is 6.93. The van der Waals surface area contributed by atoms with Gasteiger partial charge in [0.1, 0.15) is 0 Å². The molecule has 1 rings (SSSR count). The Morgan fingerprint density at radius 1 is 1.06 bits per heavy atom. The number of halogens is 2. The van der Waals surface area contributed by atoms with E-state index in [4.69, 9.17) is 0 Å². The van der Waals surface area contributed by atoms with Gasteiger partial charge < -0.3 is 0 Å². The summed E-state index contributed by atoms with van der Waals surface area (Å²) in [4.78, 5) is 2.24. The first kappa shape index (κ1) is 13.9. The quantitative estimate of drug-likeness (QED) is 0.612. The molecule has 0 aromatic rings. The van der Waals surface area contributed by atoms with Crippen LogP contribution < -0.4 is 0 Å². The lowest BCUT2D eigenvalue weighted by Crippen LogP contribution is -2.59. The van der Waals surface area contributed by atoms with E-state index in [0.29, 0.717) is 6.54 Å². The van der Waals surface area contributed by atoms with E-state index in [1.54, 1.807) is 0 Å². The molecule has 0 saturated carbocycles. The molecular weight excluding hydrogens is 208 g/mol. The van der Waals surface area contributed by atoms with Crippen LogP contribution in [-0.4, -0.2) is 28.9 Å². The molecule has 96 valence electrons. The van der Waals surface area contributed by atoms with Crippen molar-refractivity contribution in [1.82, 2.24) is 4.90 Å². The Kier molecular flexibility index (Phi) is 3.41. The van der Waals surface area contributed by atoms with Crippen LogP contribution in [0.3, 0.4) is 0 Å².